The van der Waals surface area contributed by atoms with Gasteiger partial charge in [0.1, 0.15) is 5.82 Å². The van der Waals surface area contributed by atoms with E-state index >= 15 is 0 Å². The van der Waals surface area contributed by atoms with Crippen LogP contribution in [-0.2, 0) is 17.9 Å². The highest BCUT2D eigenvalue weighted by molar-refractivity contribution is 5.88. The Bertz CT molecular complexity index is 564. The first kappa shape index (κ1) is 14.2. The molecule has 0 radical (unpaired) electrons. The predicted octanol–water partition coefficient (Wildman–Crippen LogP) is 3.07. The lowest BCUT2D eigenvalue weighted by atomic mass is 10.2. The Morgan fingerprint density at radius 1 is 0.950 bits per heavy atom. The minimum atomic E-state index is -0.220. The van der Waals surface area contributed by atoms with Crippen LogP contribution in [0, 0.1) is 5.82 Å². The fourth-order valence-corrected chi connectivity index (χ4v) is 1.86. The van der Waals surface area contributed by atoms with Crippen molar-refractivity contribution >= 4 is 11.6 Å². The van der Waals surface area contributed by atoms with Crippen molar-refractivity contribution in [1.29, 1.82) is 0 Å². The Labute approximate surface area is 117 Å². The van der Waals surface area contributed by atoms with Gasteiger partial charge in [0.25, 0.3) is 0 Å². The number of halogens is 1. The Balaban J connectivity index is 1.82. The van der Waals surface area contributed by atoms with Crippen LogP contribution in [0.5, 0.6) is 0 Å². The third-order valence-electron chi connectivity index (χ3n) is 2.85. The number of hydrogen-bond acceptors (Lipinski definition) is 2. The van der Waals surface area contributed by atoms with Gasteiger partial charge in [0.2, 0.25) is 5.91 Å². The lowest BCUT2D eigenvalue weighted by Gasteiger charge is -2.07. The maximum Gasteiger partial charge on any atom is 0.221 e. The van der Waals surface area contributed by atoms with E-state index in [-0.39, 0.29) is 11.7 Å². The zero-order valence-corrected chi connectivity index (χ0v) is 11.3. The molecule has 0 aliphatic rings. The summed E-state index contributed by atoms with van der Waals surface area (Å²) in [4.78, 5) is 10.9. The molecule has 2 aromatic rings. The third kappa shape index (κ3) is 4.48. The average Bonchev–Trinajstić information content (AvgIpc) is 2.42. The molecule has 0 fully saturated rings. The van der Waals surface area contributed by atoms with Crippen molar-refractivity contribution in [1.82, 2.24) is 5.32 Å². The molecule has 0 aliphatic heterocycles. The van der Waals surface area contributed by atoms with Crippen LogP contribution in [0.4, 0.5) is 10.1 Å². The number of carbonyl (C=O) groups excluding carboxylic acids is 1. The van der Waals surface area contributed by atoms with E-state index in [9.17, 15) is 9.18 Å². The maximum absolute atomic E-state index is 12.8. The van der Waals surface area contributed by atoms with Crippen molar-refractivity contribution in [2.75, 3.05) is 5.32 Å². The highest BCUT2D eigenvalue weighted by Gasteiger charge is 1.97. The van der Waals surface area contributed by atoms with Crippen LogP contribution < -0.4 is 10.6 Å². The minimum Gasteiger partial charge on any atom is -0.326 e. The molecule has 0 unspecified atom stereocenters. The van der Waals surface area contributed by atoms with Gasteiger partial charge in [-0.2, -0.15) is 0 Å². The molecule has 0 atom stereocenters. The van der Waals surface area contributed by atoms with Gasteiger partial charge in [-0.15, -0.1) is 0 Å². The second-order valence-corrected chi connectivity index (χ2v) is 4.61. The summed E-state index contributed by atoms with van der Waals surface area (Å²) >= 11 is 0. The molecule has 0 saturated carbocycles. The van der Waals surface area contributed by atoms with Gasteiger partial charge in [-0.3, -0.25) is 4.79 Å². The molecule has 1 amide bonds. The fraction of sp³-hybridized carbons (Fsp3) is 0.188. The van der Waals surface area contributed by atoms with Gasteiger partial charge in [0.05, 0.1) is 0 Å². The standard InChI is InChI=1S/C16H17FN2O/c1-12(20)19-16-8-4-14(5-9-16)11-18-10-13-2-6-15(17)7-3-13/h2-9,18H,10-11H2,1H3,(H,19,20). The molecule has 2 N–H and O–H groups in total. The SMILES string of the molecule is CC(=O)Nc1ccc(CNCc2ccc(F)cc2)cc1. The molecule has 2 rings (SSSR count). The van der Waals surface area contributed by atoms with Crippen LogP contribution in [0.2, 0.25) is 0 Å². The largest absolute Gasteiger partial charge is 0.326 e. The average molecular weight is 272 g/mol. The highest BCUT2D eigenvalue weighted by atomic mass is 19.1. The number of benzene rings is 2. The molecule has 104 valence electrons. The van der Waals surface area contributed by atoms with Gasteiger partial charge in [0, 0.05) is 25.7 Å². The summed E-state index contributed by atoms with van der Waals surface area (Å²) < 4.78 is 12.8. The van der Waals surface area contributed by atoms with Gasteiger partial charge >= 0.3 is 0 Å². The van der Waals surface area contributed by atoms with E-state index in [1.807, 2.05) is 24.3 Å². The number of rotatable bonds is 5. The zero-order chi connectivity index (χ0) is 14.4. The molecular formula is C16H17FN2O. The van der Waals surface area contributed by atoms with E-state index < -0.39 is 0 Å². The van der Waals surface area contributed by atoms with Gasteiger partial charge in [0.15, 0.2) is 0 Å². The number of hydrogen-bond donors (Lipinski definition) is 2. The van der Waals surface area contributed by atoms with Crippen molar-refractivity contribution in [3.05, 3.63) is 65.5 Å². The first-order valence-corrected chi connectivity index (χ1v) is 6.45. The molecule has 0 heterocycles. The number of nitrogens with one attached hydrogen (secondary N) is 2. The van der Waals surface area contributed by atoms with Gasteiger partial charge in [-0.05, 0) is 35.4 Å². The summed E-state index contributed by atoms with van der Waals surface area (Å²) in [6.45, 7) is 2.89. The quantitative estimate of drug-likeness (QED) is 0.878. The summed E-state index contributed by atoms with van der Waals surface area (Å²) in [5.41, 5.74) is 2.96. The molecular weight excluding hydrogens is 255 g/mol. The van der Waals surface area contributed by atoms with Crippen molar-refractivity contribution in [3.8, 4) is 0 Å². The van der Waals surface area contributed by atoms with Crippen molar-refractivity contribution in [2.24, 2.45) is 0 Å². The second kappa shape index (κ2) is 6.82. The molecule has 3 nitrogen and oxygen atoms in total. The summed E-state index contributed by atoms with van der Waals surface area (Å²) in [6, 6.07) is 14.1. The van der Waals surface area contributed by atoms with Gasteiger partial charge in [-0.25, -0.2) is 4.39 Å². The number of anilines is 1. The van der Waals surface area contributed by atoms with E-state index in [4.69, 9.17) is 0 Å². The van der Waals surface area contributed by atoms with Crippen LogP contribution in [-0.4, -0.2) is 5.91 Å². The molecule has 0 aromatic heterocycles. The summed E-state index contributed by atoms with van der Waals surface area (Å²) in [5.74, 6) is -0.297. The summed E-state index contributed by atoms with van der Waals surface area (Å²) in [5, 5.41) is 6.01. The Kier molecular flexibility index (Phi) is 4.85. The first-order valence-electron chi connectivity index (χ1n) is 6.45. The third-order valence-corrected chi connectivity index (χ3v) is 2.85. The van der Waals surface area contributed by atoms with E-state index in [1.54, 1.807) is 12.1 Å². The topological polar surface area (TPSA) is 41.1 Å². The summed E-state index contributed by atoms with van der Waals surface area (Å²) in [6.07, 6.45) is 0. The van der Waals surface area contributed by atoms with E-state index in [0.29, 0.717) is 6.54 Å². The monoisotopic (exact) mass is 272 g/mol. The van der Waals surface area contributed by atoms with Crippen LogP contribution in [0.1, 0.15) is 18.1 Å². The Hall–Kier alpha value is -2.20. The maximum atomic E-state index is 12.8. The van der Waals surface area contributed by atoms with Crippen molar-refractivity contribution in [2.45, 2.75) is 20.0 Å². The number of amides is 1. The molecule has 2 aromatic carbocycles. The lowest BCUT2D eigenvalue weighted by Crippen LogP contribution is -2.12. The fourth-order valence-electron chi connectivity index (χ4n) is 1.86. The molecule has 0 aliphatic carbocycles. The minimum absolute atomic E-state index is 0.0767. The van der Waals surface area contributed by atoms with Crippen molar-refractivity contribution < 1.29 is 9.18 Å². The summed E-state index contributed by atoms with van der Waals surface area (Å²) in [7, 11) is 0. The predicted molar refractivity (Wildman–Crippen MR) is 77.7 cm³/mol. The lowest BCUT2D eigenvalue weighted by molar-refractivity contribution is -0.114. The van der Waals surface area contributed by atoms with Crippen LogP contribution >= 0.6 is 0 Å². The van der Waals surface area contributed by atoms with Gasteiger partial charge < -0.3 is 10.6 Å². The van der Waals surface area contributed by atoms with Crippen LogP contribution in [0.3, 0.4) is 0 Å². The van der Waals surface area contributed by atoms with E-state index in [1.165, 1.54) is 19.1 Å². The molecule has 0 saturated heterocycles. The second-order valence-electron chi connectivity index (χ2n) is 4.61. The molecule has 0 bridgehead atoms. The Morgan fingerprint density at radius 2 is 1.45 bits per heavy atom. The molecule has 0 spiro atoms. The van der Waals surface area contributed by atoms with Gasteiger partial charge in [-0.1, -0.05) is 24.3 Å². The first-order chi connectivity index (χ1) is 9.63. The van der Waals surface area contributed by atoms with E-state index in [2.05, 4.69) is 10.6 Å². The molecule has 4 heteroatoms. The highest BCUT2D eigenvalue weighted by Crippen LogP contribution is 2.09. The molecule has 20 heavy (non-hydrogen) atoms. The number of carbonyl (C=O) groups is 1. The van der Waals surface area contributed by atoms with Crippen LogP contribution in [0.25, 0.3) is 0 Å². The zero-order valence-electron chi connectivity index (χ0n) is 11.3. The smallest absolute Gasteiger partial charge is 0.221 e. The van der Waals surface area contributed by atoms with E-state index in [0.717, 1.165) is 23.4 Å². The van der Waals surface area contributed by atoms with Crippen LogP contribution in [0.15, 0.2) is 48.5 Å². The Morgan fingerprint density at radius 3 is 1.95 bits per heavy atom. The normalized spacial score (nSPS) is 10.3. The van der Waals surface area contributed by atoms with Crippen molar-refractivity contribution in [3.63, 3.8) is 0 Å².